The van der Waals surface area contributed by atoms with Crippen LogP contribution in [-0.4, -0.2) is 47.5 Å². The van der Waals surface area contributed by atoms with E-state index in [9.17, 15) is 9.59 Å². The van der Waals surface area contributed by atoms with E-state index >= 15 is 0 Å². The summed E-state index contributed by atoms with van der Waals surface area (Å²) < 4.78 is 0. The van der Waals surface area contributed by atoms with Gasteiger partial charge in [-0.3, -0.25) is 4.79 Å². The lowest BCUT2D eigenvalue weighted by molar-refractivity contribution is -0.131. The Labute approximate surface area is 176 Å². The van der Waals surface area contributed by atoms with Gasteiger partial charge in [-0.2, -0.15) is 0 Å². The number of amides is 3. The molecular formula is C24H28N4O2. The highest BCUT2D eigenvalue weighted by Crippen LogP contribution is 2.15. The Kier molecular flexibility index (Phi) is 6.32. The molecular weight excluding hydrogens is 376 g/mol. The number of fused-ring (bicyclic) bond motifs is 1. The summed E-state index contributed by atoms with van der Waals surface area (Å²) in [5, 5.41) is 7.14. The molecule has 0 saturated carbocycles. The number of para-hydroxylation sites is 1. The van der Waals surface area contributed by atoms with Crippen LogP contribution in [0.3, 0.4) is 0 Å². The molecule has 156 valence electrons. The molecule has 30 heavy (non-hydrogen) atoms. The van der Waals surface area contributed by atoms with Gasteiger partial charge in [-0.25, -0.2) is 4.79 Å². The summed E-state index contributed by atoms with van der Waals surface area (Å²) >= 11 is 0. The quantitative estimate of drug-likeness (QED) is 0.590. The Morgan fingerprint density at radius 3 is 2.70 bits per heavy atom. The second-order valence-electron chi connectivity index (χ2n) is 7.87. The van der Waals surface area contributed by atoms with Gasteiger partial charge in [0.2, 0.25) is 5.91 Å². The van der Waals surface area contributed by atoms with Gasteiger partial charge in [0.15, 0.2) is 0 Å². The first-order valence-corrected chi connectivity index (χ1v) is 10.6. The molecule has 3 N–H and O–H groups in total. The van der Waals surface area contributed by atoms with Crippen molar-refractivity contribution in [3.05, 3.63) is 71.9 Å². The molecule has 1 fully saturated rings. The average molecular weight is 405 g/mol. The maximum absolute atomic E-state index is 12.6. The smallest absolute Gasteiger partial charge is 0.315 e. The van der Waals surface area contributed by atoms with Crippen molar-refractivity contribution in [3.8, 4) is 0 Å². The van der Waals surface area contributed by atoms with Crippen molar-refractivity contribution < 1.29 is 9.59 Å². The number of likely N-dealkylation sites (tertiary alicyclic amines) is 1. The molecule has 6 nitrogen and oxygen atoms in total. The highest BCUT2D eigenvalue weighted by Gasteiger charge is 2.24. The first-order valence-electron chi connectivity index (χ1n) is 10.6. The first kappa shape index (κ1) is 20.0. The molecule has 1 unspecified atom stereocenters. The van der Waals surface area contributed by atoms with Crippen molar-refractivity contribution in [2.24, 2.45) is 0 Å². The third kappa shape index (κ3) is 5.20. The topological polar surface area (TPSA) is 77.2 Å². The van der Waals surface area contributed by atoms with Crippen molar-refractivity contribution in [1.29, 1.82) is 0 Å². The maximum Gasteiger partial charge on any atom is 0.315 e. The van der Waals surface area contributed by atoms with Gasteiger partial charge in [-0.05, 0) is 35.9 Å². The van der Waals surface area contributed by atoms with E-state index in [0.29, 0.717) is 19.5 Å². The third-order valence-electron chi connectivity index (χ3n) is 5.57. The van der Waals surface area contributed by atoms with Crippen LogP contribution in [0.15, 0.2) is 60.7 Å². The van der Waals surface area contributed by atoms with E-state index in [4.69, 9.17) is 0 Å². The molecule has 0 bridgehead atoms. The van der Waals surface area contributed by atoms with E-state index in [0.717, 1.165) is 42.6 Å². The number of aromatic nitrogens is 1. The Morgan fingerprint density at radius 1 is 1.07 bits per heavy atom. The number of H-pyrrole nitrogens is 1. The van der Waals surface area contributed by atoms with Crippen molar-refractivity contribution >= 4 is 22.8 Å². The summed E-state index contributed by atoms with van der Waals surface area (Å²) in [6.45, 7) is 1.88. The normalized spacial score (nSPS) is 16.4. The fourth-order valence-electron chi connectivity index (χ4n) is 4.02. The zero-order valence-electron chi connectivity index (χ0n) is 17.1. The largest absolute Gasteiger partial charge is 0.358 e. The van der Waals surface area contributed by atoms with Gasteiger partial charge in [-0.1, -0.05) is 48.5 Å². The van der Waals surface area contributed by atoms with Gasteiger partial charge in [0.05, 0.1) is 6.42 Å². The number of nitrogens with zero attached hydrogens (tertiary/aromatic N) is 1. The zero-order chi connectivity index (χ0) is 20.8. The number of nitrogens with one attached hydrogen (secondary N) is 3. The van der Waals surface area contributed by atoms with E-state index in [1.54, 1.807) is 0 Å². The Bertz CT molecular complexity index is 966. The van der Waals surface area contributed by atoms with E-state index < -0.39 is 0 Å². The van der Waals surface area contributed by atoms with Crippen LogP contribution in [-0.2, 0) is 17.6 Å². The first-order chi connectivity index (χ1) is 14.7. The summed E-state index contributed by atoms with van der Waals surface area (Å²) in [6.07, 6.45) is 2.95. The number of rotatable bonds is 6. The summed E-state index contributed by atoms with van der Waals surface area (Å²) in [4.78, 5) is 30.1. The van der Waals surface area contributed by atoms with Gasteiger partial charge < -0.3 is 20.5 Å². The van der Waals surface area contributed by atoms with Crippen molar-refractivity contribution in [2.45, 2.75) is 31.7 Å². The predicted molar refractivity (Wildman–Crippen MR) is 118 cm³/mol. The van der Waals surface area contributed by atoms with Crippen molar-refractivity contribution in [1.82, 2.24) is 20.5 Å². The van der Waals surface area contributed by atoms with Gasteiger partial charge in [0.1, 0.15) is 0 Å². The predicted octanol–water partition coefficient (Wildman–Crippen LogP) is 3.24. The van der Waals surface area contributed by atoms with Gasteiger partial charge >= 0.3 is 6.03 Å². The van der Waals surface area contributed by atoms with Crippen LogP contribution in [0, 0.1) is 0 Å². The minimum Gasteiger partial charge on any atom is -0.358 e. The van der Waals surface area contributed by atoms with Crippen molar-refractivity contribution in [3.63, 3.8) is 0 Å². The minimum absolute atomic E-state index is 0.00782. The maximum atomic E-state index is 12.6. The molecule has 0 spiro atoms. The zero-order valence-corrected chi connectivity index (χ0v) is 17.1. The molecule has 0 aliphatic carbocycles. The van der Waals surface area contributed by atoms with Crippen LogP contribution in [0.4, 0.5) is 4.79 Å². The number of hydrogen-bond donors (Lipinski definition) is 3. The highest BCUT2D eigenvalue weighted by atomic mass is 16.2. The molecule has 1 aromatic heterocycles. The molecule has 0 radical (unpaired) electrons. The number of benzene rings is 2. The van der Waals surface area contributed by atoms with Crippen LogP contribution in [0.5, 0.6) is 0 Å². The molecule has 1 aliphatic heterocycles. The minimum atomic E-state index is -0.173. The molecule has 1 saturated heterocycles. The monoisotopic (exact) mass is 404 g/mol. The van der Waals surface area contributed by atoms with Crippen LogP contribution in [0.2, 0.25) is 0 Å². The standard InChI is InChI=1S/C24H28N4O2/c29-23(15-18-7-2-1-3-8-18)28-14-6-10-21(17-28)27-24(30)25-13-12-20-16-19-9-4-5-11-22(19)26-20/h1-5,7-9,11,16,21,26H,6,10,12-15,17H2,(H2,25,27,30). The van der Waals surface area contributed by atoms with E-state index in [-0.39, 0.29) is 18.0 Å². The molecule has 2 aromatic carbocycles. The molecule has 3 aromatic rings. The number of piperidine rings is 1. The fourth-order valence-corrected chi connectivity index (χ4v) is 4.02. The SMILES string of the molecule is O=C(NCCc1cc2ccccc2[nH]1)NC1CCCN(C(=O)Cc2ccccc2)C1. The molecule has 2 heterocycles. The van der Waals surface area contributed by atoms with Crippen LogP contribution < -0.4 is 10.6 Å². The number of urea groups is 1. The molecule has 1 atom stereocenters. The third-order valence-corrected chi connectivity index (χ3v) is 5.57. The van der Waals surface area contributed by atoms with Gasteiger partial charge in [-0.15, -0.1) is 0 Å². The second-order valence-corrected chi connectivity index (χ2v) is 7.87. The van der Waals surface area contributed by atoms with E-state index in [1.807, 2.05) is 53.4 Å². The van der Waals surface area contributed by atoms with E-state index in [2.05, 4.69) is 27.8 Å². The van der Waals surface area contributed by atoms with Gasteiger partial charge in [0, 0.05) is 43.3 Å². The summed E-state index contributed by atoms with van der Waals surface area (Å²) in [7, 11) is 0. The number of hydrogen-bond acceptors (Lipinski definition) is 2. The highest BCUT2D eigenvalue weighted by molar-refractivity contribution is 5.80. The van der Waals surface area contributed by atoms with Crippen LogP contribution in [0.1, 0.15) is 24.1 Å². The fraction of sp³-hybridized carbons (Fsp3) is 0.333. The lowest BCUT2D eigenvalue weighted by atomic mass is 10.0. The lowest BCUT2D eigenvalue weighted by Gasteiger charge is -2.33. The van der Waals surface area contributed by atoms with Gasteiger partial charge in [0.25, 0.3) is 0 Å². The average Bonchev–Trinajstić information content (AvgIpc) is 3.17. The summed E-state index contributed by atoms with van der Waals surface area (Å²) in [6, 6.07) is 19.9. The van der Waals surface area contributed by atoms with Crippen LogP contribution in [0.25, 0.3) is 10.9 Å². The molecule has 6 heteroatoms. The second kappa shape index (κ2) is 9.48. The Hall–Kier alpha value is -3.28. The summed E-state index contributed by atoms with van der Waals surface area (Å²) in [5.74, 6) is 0.118. The summed E-state index contributed by atoms with van der Waals surface area (Å²) in [5.41, 5.74) is 3.23. The molecule has 1 aliphatic rings. The number of carbonyl (C=O) groups is 2. The molecule has 3 amide bonds. The molecule has 4 rings (SSSR count). The van der Waals surface area contributed by atoms with E-state index in [1.165, 1.54) is 5.39 Å². The Morgan fingerprint density at radius 2 is 1.87 bits per heavy atom. The number of carbonyl (C=O) groups excluding carboxylic acids is 2. The lowest BCUT2D eigenvalue weighted by Crippen LogP contribution is -2.52. The Balaban J connectivity index is 1.21. The number of aromatic amines is 1. The van der Waals surface area contributed by atoms with Crippen molar-refractivity contribution in [2.75, 3.05) is 19.6 Å². The van der Waals surface area contributed by atoms with Crippen LogP contribution >= 0.6 is 0 Å².